The molecule has 1 aromatic rings. The predicted molar refractivity (Wildman–Crippen MR) is 391 cm³/mol. The minimum atomic E-state index is 0.689. The highest BCUT2D eigenvalue weighted by molar-refractivity contribution is 5.42. The molecule has 9 heteroatoms. The largest absolute Gasteiger partial charge is 0.354 e. The van der Waals surface area contributed by atoms with Gasteiger partial charge in [-0.15, -0.1) is 39.5 Å². The van der Waals surface area contributed by atoms with E-state index in [1.165, 1.54) is 309 Å². The van der Waals surface area contributed by atoms with Crippen molar-refractivity contribution < 1.29 is 0 Å². The maximum absolute atomic E-state index is 5.03. The topological polar surface area (TPSA) is 84.5 Å². The van der Waals surface area contributed by atoms with Gasteiger partial charge in [0.15, 0.2) is 0 Å². The number of aromatic nitrogens is 3. The quantitative estimate of drug-likeness (QED) is 0.0436. The summed E-state index contributed by atoms with van der Waals surface area (Å²) in [6, 6.07) is 0. The molecule has 0 radical (unpaired) electrons. The SMILES string of the molecule is C=CCCCCCCCCCN(CCCCCCCCCC=C)CCCNc1nc(NCCCN(CCCCCCCCCC=C)CCCCCCCCCC=C)nc(NCCCN(CCCCCCCCCC=C)CCCCCCCCCC=C)n1. The van der Waals surface area contributed by atoms with E-state index in [1.807, 2.05) is 0 Å². The number of nitrogens with zero attached hydrogens (tertiary/aromatic N) is 6. The molecule has 0 aliphatic carbocycles. The van der Waals surface area contributed by atoms with Gasteiger partial charge in [-0.3, -0.25) is 0 Å². The smallest absolute Gasteiger partial charge is 0.229 e. The van der Waals surface area contributed by atoms with Crippen LogP contribution in [-0.4, -0.2) is 108 Å². The Morgan fingerprint density at radius 2 is 0.333 bits per heavy atom. The van der Waals surface area contributed by atoms with Crippen molar-refractivity contribution in [3.05, 3.63) is 75.9 Å². The van der Waals surface area contributed by atoms with E-state index >= 15 is 0 Å². The van der Waals surface area contributed by atoms with Gasteiger partial charge in [0.2, 0.25) is 17.8 Å². The molecule has 504 valence electrons. The molecule has 9 nitrogen and oxygen atoms in total. The number of rotatable bonds is 75. The summed E-state index contributed by atoms with van der Waals surface area (Å²) in [5, 5.41) is 11.1. The molecule has 0 spiro atoms. The summed E-state index contributed by atoms with van der Waals surface area (Å²) in [5.41, 5.74) is 0. The van der Waals surface area contributed by atoms with Gasteiger partial charge in [-0.05, 0) is 194 Å². The fraction of sp³-hybridized carbons (Fsp3) is 0.808. The lowest BCUT2D eigenvalue weighted by molar-refractivity contribution is 0.259. The fourth-order valence-electron chi connectivity index (χ4n) is 12.2. The molecule has 0 atom stereocenters. The molecule has 1 rings (SSSR count). The highest BCUT2D eigenvalue weighted by atomic mass is 15.3. The molecule has 0 aromatic carbocycles. The Kier molecular flexibility index (Phi) is 64.5. The number of unbranched alkanes of at least 4 members (excludes halogenated alkanes) is 42. The molecule has 0 bridgehead atoms. The van der Waals surface area contributed by atoms with Crippen LogP contribution in [0, 0.1) is 0 Å². The van der Waals surface area contributed by atoms with Gasteiger partial charge in [-0.2, -0.15) is 15.0 Å². The Balaban J connectivity index is 3.08. The molecule has 3 N–H and O–H groups in total. The van der Waals surface area contributed by atoms with Crippen molar-refractivity contribution in [2.24, 2.45) is 0 Å². The standard InChI is InChI=1S/C78H147N9/c1-7-13-19-25-31-37-43-49-55-67-85(68-56-50-44-38-32-26-20-14-8-2)73-61-64-79-76-82-77(80-65-62-74-86(69-57-51-45-39-33-27-21-15-9-3)70-58-52-46-40-34-28-22-16-10-4)84-78(83-76)81-66-63-75-87(71-59-53-47-41-35-29-23-17-11-5)72-60-54-48-42-36-30-24-18-12-6/h7-12H,1-6,13-75H2,(H3,79,80,81,82,83,84). The molecule has 0 fully saturated rings. The third kappa shape index (κ3) is 58.8. The molecular weight excluding hydrogens is 1060 g/mol. The van der Waals surface area contributed by atoms with Gasteiger partial charge >= 0.3 is 0 Å². The van der Waals surface area contributed by atoms with Crippen LogP contribution in [0.25, 0.3) is 0 Å². The van der Waals surface area contributed by atoms with E-state index in [4.69, 9.17) is 15.0 Å². The summed E-state index contributed by atoms with van der Waals surface area (Å²) in [6.07, 6.45) is 78.9. The summed E-state index contributed by atoms with van der Waals surface area (Å²) in [7, 11) is 0. The lowest BCUT2D eigenvalue weighted by atomic mass is 10.1. The van der Waals surface area contributed by atoms with Gasteiger partial charge in [0.1, 0.15) is 0 Å². The second-order valence-corrected chi connectivity index (χ2v) is 26.0. The Hall–Kier alpha value is -3.27. The van der Waals surface area contributed by atoms with Crippen LogP contribution in [-0.2, 0) is 0 Å². The summed E-state index contributed by atoms with van der Waals surface area (Å²) < 4.78 is 0. The molecule has 87 heavy (non-hydrogen) atoms. The Bertz CT molecular complexity index is 1360. The van der Waals surface area contributed by atoms with Crippen molar-refractivity contribution in [3.63, 3.8) is 0 Å². The van der Waals surface area contributed by atoms with Crippen molar-refractivity contribution in [2.75, 3.05) is 94.5 Å². The fourth-order valence-corrected chi connectivity index (χ4v) is 12.2. The van der Waals surface area contributed by atoms with Crippen molar-refractivity contribution in [1.82, 2.24) is 29.7 Å². The van der Waals surface area contributed by atoms with E-state index in [9.17, 15) is 0 Å². The van der Waals surface area contributed by atoms with Crippen LogP contribution in [0.3, 0.4) is 0 Å². The Morgan fingerprint density at radius 1 is 0.195 bits per heavy atom. The first-order valence-electron chi connectivity index (χ1n) is 37.9. The minimum Gasteiger partial charge on any atom is -0.354 e. The minimum absolute atomic E-state index is 0.689. The van der Waals surface area contributed by atoms with E-state index in [-0.39, 0.29) is 0 Å². The van der Waals surface area contributed by atoms with Crippen LogP contribution < -0.4 is 16.0 Å². The predicted octanol–water partition coefficient (Wildman–Crippen LogP) is 23.0. The average Bonchev–Trinajstić information content (AvgIpc) is 3.70. The lowest BCUT2D eigenvalue weighted by Crippen LogP contribution is -2.29. The molecule has 0 aliphatic heterocycles. The van der Waals surface area contributed by atoms with Gasteiger partial charge in [0.25, 0.3) is 0 Å². The first-order chi connectivity index (χ1) is 43.1. The zero-order valence-electron chi connectivity index (χ0n) is 57.9. The van der Waals surface area contributed by atoms with Gasteiger partial charge in [0, 0.05) is 19.6 Å². The number of hydrogen-bond donors (Lipinski definition) is 3. The van der Waals surface area contributed by atoms with Crippen LogP contribution in [0.4, 0.5) is 17.8 Å². The van der Waals surface area contributed by atoms with E-state index in [1.54, 1.807) is 0 Å². The van der Waals surface area contributed by atoms with Gasteiger partial charge in [-0.25, -0.2) is 0 Å². The Morgan fingerprint density at radius 3 is 0.494 bits per heavy atom. The number of allylic oxidation sites excluding steroid dienone is 6. The number of anilines is 3. The highest BCUT2D eigenvalue weighted by Crippen LogP contribution is 2.18. The van der Waals surface area contributed by atoms with Crippen molar-refractivity contribution in [2.45, 2.75) is 327 Å². The maximum atomic E-state index is 5.03. The Labute approximate surface area is 542 Å². The van der Waals surface area contributed by atoms with Crippen LogP contribution in [0.5, 0.6) is 0 Å². The molecule has 0 amide bonds. The number of hydrogen-bond acceptors (Lipinski definition) is 9. The third-order valence-electron chi connectivity index (χ3n) is 17.7. The molecule has 0 aliphatic rings. The van der Waals surface area contributed by atoms with Crippen molar-refractivity contribution >= 4 is 17.8 Å². The summed E-state index contributed by atoms with van der Waals surface area (Å²) in [4.78, 5) is 23.4. The summed E-state index contributed by atoms with van der Waals surface area (Å²) >= 11 is 0. The second-order valence-electron chi connectivity index (χ2n) is 26.0. The zero-order valence-corrected chi connectivity index (χ0v) is 57.9. The summed E-state index contributed by atoms with van der Waals surface area (Å²) in [6.45, 7) is 36.6. The number of nitrogens with one attached hydrogen (secondary N) is 3. The zero-order chi connectivity index (χ0) is 62.5. The first kappa shape index (κ1) is 81.7. The molecule has 0 saturated heterocycles. The van der Waals surface area contributed by atoms with Crippen molar-refractivity contribution in [3.8, 4) is 0 Å². The molecule has 1 aromatic heterocycles. The maximum Gasteiger partial charge on any atom is 0.229 e. The monoisotopic (exact) mass is 1210 g/mol. The van der Waals surface area contributed by atoms with Crippen LogP contribution in [0.15, 0.2) is 75.9 Å². The van der Waals surface area contributed by atoms with E-state index in [0.29, 0.717) is 17.8 Å². The highest BCUT2D eigenvalue weighted by Gasteiger charge is 2.12. The van der Waals surface area contributed by atoms with Crippen LogP contribution >= 0.6 is 0 Å². The van der Waals surface area contributed by atoms with Crippen LogP contribution in [0.2, 0.25) is 0 Å². The van der Waals surface area contributed by atoms with E-state index in [0.717, 1.165) is 97.1 Å². The first-order valence-corrected chi connectivity index (χ1v) is 37.9. The normalized spacial score (nSPS) is 11.5. The van der Waals surface area contributed by atoms with Crippen LogP contribution in [0.1, 0.15) is 327 Å². The van der Waals surface area contributed by atoms with Crippen molar-refractivity contribution in [1.29, 1.82) is 0 Å². The van der Waals surface area contributed by atoms with Gasteiger partial charge < -0.3 is 30.7 Å². The molecule has 1 heterocycles. The molecule has 0 saturated carbocycles. The molecular formula is C78H147N9. The molecule has 0 unspecified atom stereocenters. The van der Waals surface area contributed by atoms with Gasteiger partial charge in [-0.1, -0.05) is 229 Å². The van der Waals surface area contributed by atoms with E-state index in [2.05, 4.69) is 107 Å². The average molecular weight is 1210 g/mol. The third-order valence-corrected chi connectivity index (χ3v) is 17.7. The van der Waals surface area contributed by atoms with Gasteiger partial charge in [0.05, 0.1) is 0 Å². The summed E-state index contributed by atoms with van der Waals surface area (Å²) in [5.74, 6) is 2.07. The second kappa shape index (κ2) is 68.6. The van der Waals surface area contributed by atoms with E-state index < -0.39 is 0 Å². The lowest BCUT2D eigenvalue weighted by Gasteiger charge is -2.23.